The number of carbonyl (C=O) groups excluding carboxylic acids is 2. The lowest BCUT2D eigenvalue weighted by Crippen LogP contribution is -2.37. The van der Waals surface area contributed by atoms with Crippen LogP contribution in [0.15, 0.2) is 68.7 Å². The molecule has 0 unspecified atom stereocenters. The van der Waals surface area contributed by atoms with E-state index in [1.54, 1.807) is 18.4 Å². The van der Waals surface area contributed by atoms with Crippen molar-refractivity contribution < 1.29 is 14.0 Å². The Labute approximate surface area is 179 Å². The standard InChI is InChI=1S/C23H21N3O3S/c24-12-16-21(19-10-5-11-29-19)22-17(8-4-9-18(22)27)26-23(16)30-14-20(28)25-13-15-6-2-1-3-7-15/h1-3,5-7,10-11,21-22H,4,8-9,13-14H2,(H,25,28)/t21-,22+/m0/s1. The summed E-state index contributed by atoms with van der Waals surface area (Å²) < 4.78 is 5.58. The third-order valence-corrected chi connectivity index (χ3v) is 6.32. The van der Waals surface area contributed by atoms with Gasteiger partial charge >= 0.3 is 0 Å². The first-order valence-corrected chi connectivity index (χ1v) is 10.9. The Hall–Kier alpha value is -3.11. The molecule has 1 aromatic heterocycles. The number of fused-ring (bicyclic) bond motifs is 1. The summed E-state index contributed by atoms with van der Waals surface area (Å²) in [4.78, 5) is 29.7. The summed E-state index contributed by atoms with van der Waals surface area (Å²) in [6.45, 7) is 0.449. The Kier molecular flexibility index (Phi) is 6.15. The molecule has 0 bridgehead atoms. The van der Waals surface area contributed by atoms with Gasteiger partial charge in [0.25, 0.3) is 0 Å². The van der Waals surface area contributed by atoms with E-state index < -0.39 is 11.8 Å². The van der Waals surface area contributed by atoms with Gasteiger partial charge < -0.3 is 9.73 Å². The van der Waals surface area contributed by atoms with Gasteiger partial charge in [-0.3, -0.25) is 9.59 Å². The molecule has 152 valence electrons. The van der Waals surface area contributed by atoms with Crippen molar-refractivity contribution in [1.29, 1.82) is 5.26 Å². The van der Waals surface area contributed by atoms with Gasteiger partial charge in [-0.2, -0.15) is 5.26 Å². The quantitative estimate of drug-likeness (QED) is 0.764. The molecule has 1 saturated carbocycles. The molecule has 2 aliphatic rings. The first-order valence-electron chi connectivity index (χ1n) is 9.88. The third-order valence-electron chi connectivity index (χ3n) is 5.32. The predicted octanol–water partition coefficient (Wildman–Crippen LogP) is 3.97. The average Bonchev–Trinajstić information content (AvgIpc) is 3.30. The summed E-state index contributed by atoms with van der Waals surface area (Å²) in [5.74, 6) is -0.223. The van der Waals surface area contributed by atoms with Crippen molar-refractivity contribution in [2.75, 3.05) is 5.75 Å². The number of hydrogen-bond acceptors (Lipinski definition) is 6. The van der Waals surface area contributed by atoms with Crippen LogP contribution in [0.5, 0.6) is 0 Å². The Balaban J connectivity index is 1.52. The molecule has 7 heteroatoms. The van der Waals surface area contributed by atoms with E-state index in [4.69, 9.17) is 4.42 Å². The van der Waals surface area contributed by atoms with Crippen molar-refractivity contribution in [3.05, 3.63) is 70.7 Å². The van der Waals surface area contributed by atoms with Gasteiger partial charge in [0.15, 0.2) is 0 Å². The van der Waals surface area contributed by atoms with Crippen molar-refractivity contribution in [1.82, 2.24) is 5.32 Å². The van der Waals surface area contributed by atoms with Gasteiger partial charge in [0.2, 0.25) is 5.91 Å². The zero-order valence-electron chi connectivity index (χ0n) is 16.3. The molecule has 1 aliphatic heterocycles. The number of hydrogen-bond donors (Lipinski definition) is 1. The molecule has 2 aromatic rings. The Morgan fingerprint density at radius 1 is 1.20 bits per heavy atom. The first kappa shape index (κ1) is 20.2. The van der Waals surface area contributed by atoms with Gasteiger partial charge in [0.05, 0.1) is 35.5 Å². The van der Waals surface area contributed by atoms with Crippen molar-refractivity contribution >= 4 is 29.2 Å². The van der Waals surface area contributed by atoms with E-state index in [2.05, 4.69) is 16.4 Å². The number of nitrogens with one attached hydrogen (secondary N) is 1. The van der Waals surface area contributed by atoms with Gasteiger partial charge in [0.1, 0.15) is 16.6 Å². The number of allylic oxidation sites excluding steroid dienone is 1. The van der Waals surface area contributed by atoms with Crippen molar-refractivity contribution in [3.8, 4) is 6.07 Å². The van der Waals surface area contributed by atoms with Crippen LogP contribution >= 0.6 is 11.8 Å². The maximum absolute atomic E-state index is 12.7. The normalized spacial score (nSPS) is 20.9. The highest BCUT2D eigenvalue weighted by atomic mass is 32.2. The predicted molar refractivity (Wildman–Crippen MR) is 115 cm³/mol. The maximum Gasteiger partial charge on any atom is 0.230 e. The molecule has 30 heavy (non-hydrogen) atoms. The average molecular weight is 420 g/mol. The number of furan rings is 1. The van der Waals surface area contributed by atoms with Crippen LogP contribution in [0, 0.1) is 17.2 Å². The number of amides is 1. The fourth-order valence-electron chi connectivity index (χ4n) is 3.92. The van der Waals surface area contributed by atoms with E-state index >= 15 is 0 Å². The van der Waals surface area contributed by atoms with Gasteiger partial charge in [0, 0.05) is 18.7 Å². The van der Waals surface area contributed by atoms with Gasteiger partial charge in [-0.25, -0.2) is 4.99 Å². The number of nitrogens with zero attached hydrogens (tertiary/aromatic N) is 2. The highest BCUT2D eigenvalue weighted by Gasteiger charge is 2.43. The second-order valence-corrected chi connectivity index (χ2v) is 8.24. The van der Waals surface area contributed by atoms with Crippen LogP contribution in [0.4, 0.5) is 0 Å². The van der Waals surface area contributed by atoms with Crippen LogP contribution in [0.1, 0.15) is 36.5 Å². The van der Waals surface area contributed by atoms with E-state index in [1.165, 1.54) is 11.8 Å². The Morgan fingerprint density at radius 2 is 2.03 bits per heavy atom. The summed E-state index contributed by atoms with van der Waals surface area (Å²) in [6, 6.07) is 15.5. The number of rotatable bonds is 6. The number of nitriles is 1. The van der Waals surface area contributed by atoms with Crippen LogP contribution in [0.2, 0.25) is 0 Å². The summed E-state index contributed by atoms with van der Waals surface area (Å²) in [5.41, 5.74) is 2.21. The summed E-state index contributed by atoms with van der Waals surface area (Å²) >= 11 is 1.24. The molecule has 4 rings (SSSR count). The van der Waals surface area contributed by atoms with Crippen molar-refractivity contribution in [2.24, 2.45) is 10.9 Å². The molecule has 1 fully saturated rings. The van der Waals surface area contributed by atoms with Gasteiger partial charge in [-0.1, -0.05) is 42.1 Å². The lowest BCUT2D eigenvalue weighted by Gasteiger charge is -2.33. The summed E-state index contributed by atoms with van der Waals surface area (Å²) in [7, 11) is 0. The molecule has 0 saturated heterocycles. The summed E-state index contributed by atoms with van der Waals surface area (Å²) in [5, 5.41) is 13.3. The Bertz CT molecular complexity index is 1040. The molecule has 1 aliphatic carbocycles. The third kappa shape index (κ3) is 4.24. The molecule has 0 spiro atoms. The number of carbonyl (C=O) groups is 2. The van der Waals surface area contributed by atoms with E-state index in [0.29, 0.717) is 29.3 Å². The number of ketones is 1. The molecule has 2 heterocycles. The first-order chi connectivity index (χ1) is 14.7. The van der Waals surface area contributed by atoms with Crippen LogP contribution < -0.4 is 5.32 Å². The fraction of sp³-hybridized carbons (Fsp3) is 0.304. The minimum absolute atomic E-state index is 0.0961. The number of Topliss-reactive ketones (excluding diaryl/α,β-unsaturated/α-hetero) is 1. The lowest BCUT2D eigenvalue weighted by molar-refractivity contribution is -0.122. The SMILES string of the molecule is N#CC1=C(SCC(=O)NCc2ccccc2)N=C2CCCC(=O)[C@@H]2[C@@H]1c1ccco1. The van der Waals surface area contributed by atoms with Crippen LogP contribution in [-0.4, -0.2) is 23.2 Å². The molecule has 0 radical (unpaired) electrons. The van der Waals surface area contributed by atoms with Gasteiger partial charge in [-0.05, 0) is 30.5 Å². The fourth-order valence-corrected chi connectivity index (χ4v) is 4.80. The van der Waals surface area contributed by atoms with Crippen LogP contribution in [0.3, 0.4) is 0 Å². The Morgan fingerprint density at radius 3 is 2.77 bits per heavy atom. The lowest BCUT2D eigenvalue weighted by atomic mass is 9.72. The second-order valence-electron chi connectivity index (χ2n) is 7.28. The topological polar surface area (TPSA) is 95.5 Å². The van der Waals surface area contributed by atoms with E-state index in [1.807, 2.05) is 30.3 Å². The largest absolute Gasteiger partial charge is 0.469 e. The molecule has 6 nitrogen and oxygen atoms in total. The minimum atomic E-state index is -0.472. The number of benzene rings is 1. The van der Waals surface area contributed by atoms with E-state index in [0.717, 1.165) is 24.1 Å². The van der Waals surface area contributed by atoms with E-state index in [9.17, 15) is 14.9 Å². The molecule has 1 aromatic carbocycles. The molecule has 1 amide bonds. The number of thioether (sulfide) groups is 1. The molecule has 2 atom stereocenters. The minimum Gasteiger partial charge on any atom is -0.469 e. The summed E-state index contributed by atoms with van der Waals surface area (Å²) in [6.07, 6.45) is 3.52. The zero-order chi connectivity index (χ0) is 20.9. The van der Waals surface area contributed by atoms with Crippen molar-refractivity contribution in [2.45, 2.75) is 31.7 Å². The monoisotopic (exact) mass is 419 g/mol. The zero-order valence-corrected chi connectivity index (χ0v) is 17.2. The highest BCUT2D eigenvalue weighted by Crippen LogP contribution is 2.44. The maximum atomic E-state index is 12.7. The van der Waals surface area contributed by atoms with E-state index in [-0.39, 0.29) is 17.4 Å². The smallest absolute Gasteiger partial charge is 0.230 e. The van der Waals surface area contributed by atoms with Gasteiger partial charge in [-0.15, -0.1) is 0 Å². The molecular formula is C23H21N3O3S. The molecule has 1 N–H and O–H groups in total. The second kappa shape index (κ2) is 9.14. The van der Waals surface area contributed by atoms with Crippen LogP contribution in [-0.2, 0) is 16.1 Å². The molecular weight excluding hydrogens is 398 g/mol. The van der Waals surface area contributed by atoms with Crippen molar-refractivity contribution in [3.63, 3.8) is 0 Å². The highest BCUT2D eigenvalue weighted by molar-refractivity contribution is 8.03. The number of aliphatic imine (C=N–C) groups is 1. The van der Waals surface area contributed by atoms with Crippen LogP contribution in [0.25, 0.3) is 0 Å².